The highest BCUT2D eigenvalue weighted by atomic mass is 32.2. The van der Waals surface area contributed by atoms with E-state index in [0.717, 1.165) is 30.7 Å². The van der Waals surface area contributed by atoms with E-state index >= 15 is 0 Å². The molecule has 6 bridgehead atoms. The van der Waals surface area contributed by atoms with Gasteiger partial charge in [-0.2, -0.15) is 4.98 Å². The normalized spacial score (nSPS) is 20.6. The Morgan fingerprint density at radius 2 is 2.25 bits per heavy atom. The third-order valence-corrected chi connectivity index (χ3v) is 4.95. The lowest BCUT2D eigenvalue weighted by Gasteiger charge is -2.25. The topological polar surface area (TPSA) is 67.3 Å². The fraction of sp³-hybridized carbons (Fsp3) is 0.353. The molecule has 1 saturated heterocycles. The highest BCUT2D eigenvalue weighted by Gasteiger charge is 2.25. The number of ether oxygens (including phenoxy) is 1. The predicted octanol–water partition coefficient (Wildman–Crippen LogP) is 2.98. The van der Waals surface area contributed by atoms with E-state index in [2.05, 4.69) is 14.7 Å². The second-order valence-electron chi connectivity index (χ2n) is 5.94. The van der Waals surface area contributed by atoms with Crippen molar-refractivity contribution in [2.24, 2.45) is 0 Å². The predicted molar refractivity (Wildman–Crippen MR) is 92.1 cm³/mol. The van der Waals surface area contributed by atoms with Crippen LogP contribution in [0.15, 0.2) is 41.4 Å². The summed E-state index contributed by atoms with van der Waals surface area (Å²) in [4.78, 5) is 24.3. The Labute approximate surface area is 144 Å². The molecule has 2 aliphatic heterocycles. The molecule has 7 heteroatoms. The van der Waals surface area contributed by atoms with Gasteiger partial charge in [0.1, 0.15) is 6.10 Å². The summed E-state index contributed by atoms with van der Waals surface area (Å²) >= 11 is 1.38. The Morgan fingerprint density at radius 3 is 3.21 bits per heavy atom. The molecule has 1 aromatic carbocycles. The molecular formula is C17H18N4O2S. The highest BCUT2D eigenvalue weighted by Crippen LogP contribution is 2.24. The smallest absolute Gasteiger partial charge is 0.254 e. The van der Waals surface area contributed by atoms with Gasteiger partial charge in [0, 0.05) is 29.3 Å². The summed E-state index contributed by atoms with van der Waals surface area (Å²) in [7, 11) is 0. The number of nitrogens with one attached hydrogen (secondary N) is 1. The highest BCUT2D eigenvalue weighted by molar-refractivity contribution is 8.00. The zero-order valence-electron chi connectivity index (χ0n) is 13.1. The van der Waals surface area contributed by atoms with E-state index in [0.29, 0.717) is 23.9 Å². The molecular weight excluding hydrogens is 324 g/mol. The molecule has 4 rings (SSSR count). The molecule has 1 atom stereocenters. The fourth-order valence-corrected chi connectivity index (χ4v) is 3.63. The quantitative estimate of drug-likeness (QED) is 0.743. The molecule has 6 nitrogen and oxygen atoms in total. The Morgan fingerprint density at radius 1 is 1.29 bits per heavy atom. The standard InChI is InChI=1S/C17H18N4O2S/c22-16-12-4-3-6-14(10-12)24-20-17-18-8-7-15(19-17)23-13-5-1-2-9-21(16)11-13/h3-4,6-8,10,13H,1-2,5,9,11H2,(H,18,19,20). The number of nitrogens with zero attached hydrogens (tertiary/aromatic N) is 3. The Kier molecular flexibility index (Phi) is 4.25. The number of amides is 1. The average Bonchev–Trinajstić information content (AvgIpc) is 2.85. The number of aromatic nitrogens is 2. The monoisotopic (exact) mass is 342 g/mol. The maximum absolute atomic E-state index is 12.9. The number of fused-ring (bicyclic) bond motifs is 6. The van der Waals surface area contributed by atoms with E-state index in [9.17, 15) is 4.79 Å². The first-order valence-electron chi connectivity index (χ1n) is 8.10. The number of anilines is 1. The molecule has 124 valence electrons. The number of carbonyl (C=O) groups is 1. The molecule has 0 aliphatic carbocycles. The van der Waals surface area contributed by atoms with E-state index in [4.69, 9.17) is 4.74 Å². The minimum absolute atomic E-state index is 0.0456. The van der Waals surface area contributed by atoms with Crippen LogP contribution < -0.4 is 9.46 Å². The third kappa shape index (κ3) is 3.31. The van der Waals surface area contributed by atoms with Crippen molar-refractivity contribution in [1.29, 1.82) is 0 Å². The van der Waals surface area contributed by atoms with Crippen molar-refractivity contribution in [3.63, 3.8) is 0 Å². The van der Waals surface area contributed by atoms with Gasteiger partial charge >= 0.3 is 0 Å². The van der Waals surface area contributed by atoms with Gasteiger partial charge in [0.25, 0.3) is 5.91 Å². The second kappa shape index (κ2) is 6.68. The maximum atomic E-state index is 12.9. The molecule has 0 spiro atoms. The summed E-state index contributed by atoms with van der Waals surface area (Å²) in [5, 5.41) is 0. The van der Waals surface area contributed by atoms with Crippen molar-refractivity contribution in [3.8, 4) is 5.88 Å². The van der Waals surface area contributed by atoms with Crippen molar-refractivity contribution in [3.05, 3.63) is 42.1 Å². The summed E-state index contributed by atoms with van der Waals surface area (Å²) in [6, 6.07) is 9.39. The SMILES string of the molecule is O=C1c2cccc(c2)SNc2nccc(n2)OC2CCCCN1C2. The van der Waals surface area contributed by atoms with Crippen LogP contribution in [0.5, 0.6) is 5.88 Å². The molecule has 24 heavy (non-hydrogen) atoms. The van der Waals surface area contributed by atoms with Gasteiger partial charge in [-0.1, -0.05) is 6.07 Å². The number of rotatable bonds is 0. The lowest BCUT2D eigenvalue weighted by Crippen LogP contribution is -2.38. The third-order valence-electron chi connectivity index (χ3n) is 4.17. The van der Waals surface area contributed by atoms with Gasteiger partial charge < -0.3 is 9.64 Å². The molecule has 3 heterocycles. The van der Waals surface area contributed by atoms with Crippen LogP contribution in [0.4, 0.5) is 5.95 Å². The van der Waals surface area contributed by atoms with Gasteiger partial charge in [-0.15, -0.1) is 0 Å². The van der Waals surface area contributed by atoms with Crippen molar-refractivity contribution in [2.45, 2.75) is 30.3 Å². The van der Waals surface area contributed by atoms with Crippen LogP contribution in [-0.4, -0.2) is 40.0 Å². The number of hydrogen-bond acceptors (Lipinski definition) is 6. The molecule has 0 saturated carbocycles. The van der Waals surface area contributed by atoms with Crippen molar-refractivity contribution >= 4 is 23.8 Å². The minimum Gasteiger partial charge on any atom is -0.472 e. The van der Waals surface area contributed by atoms with E-state index in [1.165, 1.54) is 11.9 Å². The first-order chi connectivity index (χ1) is 11.8. The van der Waals surface area contributed by atoms with Gasteiger partial charge in [-0.25, -0.2) is 4.98 Å². The van der Waals surface area contributed by atoms with Crippen LogP contribution in [0.3, 0.4) is 0 Å². The van der Waals surface area contributed by atoms with Crippen LogP contribution in [0.25, 0.3) is 0 Å². The van der Waals surface area contributed by atoms with Crippen LogP contribution in [0.1, 0.15) is 29.6 Å². The number of carbonyl (C=O) groups excluding carboxylic acids is 1. The molecule has 0 radical (unpaired) electrons. The molecule has 1 fully saturated rings. The van der Waals surface area contributed by atoms with E-state index < -0.39 is 0 Å². The van der Waals surface area contributed by atoms with Crippen molar-refractivity contribution < 1.29 is 9.53 Å². The molecule has 2 aliphatic rings. The number of benzene rings is 1. The Balaban J connectivity index is 1.73. The maximum Gasteiger partial charge on any atom is 0.254 e. The summed E-state index contributed by atoms with van der Waals surface area (Å²) in [5.41, 5.74) is 0.703. The van der Waals surface area contributed by atoms with Crippen LogP contribution in [-0.2, 0) is 0 Å². The van der Waals surface area contributed by atoms with E-state index in [-0.39, 0.29) is 12.0 Å². The van der Waals surface area contributed by atoms with Crippen molar-refractivity contribution in [2.75, 3.05) is 17.8 Å². The Bertz CT molecular complexity index is 755. The Hall–Kier alpha value is -2.28. The summed E-state index contributed by atoms with van der Waals surface area (Å²) in [6.45, 7) is 1.35. The van der Waals surface area contributed by atoms with Gasteiger partial charge in [-0.05, 0) is 49.4 Å². The van der Waals surface area contributed by atoms with Gasteiger partial charge in [0.05, 0.1) is 6.54 Å². The van der Waals surface area contributed by atoms with Gasteiger partial charge in [0.2, 0.25) is 11.8 Å². The minimum atomic E-state index is -0.0456. The number of hydrogen-bond donors (Lipinski definition) is 1. The molecule has 1 N–H and O–H groups in total. The van der Waals surface area contributed by atoms with Crippen LogP contribution in [0, 0.1) is 0 Å². The fourth-order valence-electron chi connectivity index (χ4n) is 2.99. The lowest BCUT2D eigenvalue weighted by atomic mass is 10.2. The summed E-state index contributed by atoms with van der Waals surface area (Å²) in [6.07, 6.45) is 4.60. The van der Waals surface area contributed by atoms with Crippen LogP contribution >= 0.6 is 11.9 Å². The first kappa shape index (κ1) is 15.3. The van der Waals surface area contributed by atoms with E-state index in [1.54, 1.807) is 12.3 Å². The average molecular weight is 342 g/mol. The zero-order valence-corrected chi connectivity index (χ0v) is 14.0. The summed E-state index contributed by atoms with van der Waals surface area (Å²) in [5.74, 6) is 1.10. The lowest BCUT2D eigenvalue weighted by molar-refractivity contribution is 0.0680. The van der Waals surface area contributed by atoms with Crippen LogP contribution in [0.2, 0.25) is 0 Å². The zero-order chi connectivity index (χ0) is 16.4. The largest absolute Gasteiger partial charge is 0.472 e. The molecule has 1 unspecified atom stereocenters. The van der Waals surface area contributed by atoms with Crippen molar-refractivity contribution in [1.82, 2.24) is 14.9 Å². The summed E-state index contributed by atoms with van der Waals surface area (Å²) < 4.78 is 9.14. The second-order valence-corrected chi connectivity index (χ2v) is 6.82. The van der Waals surface area contributed by atoms with E-state index in [1.807, 2.05) is 29.2 Å². The molecule has 1 amide bonds. The first-order valence-corrected chi connectivity index (χ1v) is 8.91. The van der Waals surface area contributed by atoms with Gasteiger partial charge in [0.15, 0.2) is 0 Å². The van der Waals surface area contributed by atoms with Gasteiger partial charge in [-0.3, -0.25) is 9.52 Å². The molecule has 1 aromatic heterocycles. The molecule has 2 aromatic rings.